The molecule has 4 atom stereocenters. The molecule has 2 aliphatic rings. The lowest BCUT2D eigenvalue weighted by atomic mass is 10.1. The van der Waals surface area contributed by atoms with Gasteiger partial charge in [0, 0.05) is 12.6 Å². The van der Waals surface area contributed by atoms with Gasteiger partial charge in [-0.1, -0.05) is 30.3 Å². The Labute approximate surface area is 166 Å². The number of hydrogen-bond acceptors (Lipinski definition) is 4. The molecule has 1 aromatic rings. The Kier molecular flexibility index (Phi) is 6.67. The van der Waals surface area contributed by atoms with Crippen LogP contribution in [-0.4, -0.2) is 53.8 Å². The summed E-state index contributed by atoms with van der Waals surface area (Å²) >= 11 is 0. The van der Waals surface area contributed by atoms with E-state index in [1.165, 1.54) is 0 Å². The van der Waals surface area contributed by atoms with Crippen LogP contribution >= 0.6 is 0 Å². The molecule has 1 aromatic carbocycles. The molecule has 0 spiro atoms. The number of carbonyl (C=O) groups excluding carboxylic acids is 3. The highest BCUT2D eigenvalue weighted by Crippen LogP contribution is 2.32. The minimum atomic E-state index is -0.559. The molecule has 3 N–H and O–H groups in total. The Balaban J connectivity index is 1.66. The minimum absolute atomic E-state index is 0.0867. The first-order valence-corrected chi connectivity index (χ1v) is 10.1. The van der Waals surface area contributed by atoms with E-state index in [4.69, 9.17) is 0 Å². The number of fused-ring (bicyclic) bond motifs is 1. The van der Waals surface area contributed by atoms with E-state index in [-0.39, 0.29) is 29.8 Å². The number of benzene rings is 1. The van der Waals surface area contributed by atoms with Gasteiger partial charge in [-0.05, 0) is 51.6 Å². The summed E-state index contributed by atoms with van der Waals surface area (Å²) in [5.41, 5.74) is 1.03. The smallest absolute Gasteiger partial charge is 0.246 e. The van der Waals surface area contributed by atoms with Crippen LogP contribution in [-0.2, 0) is 20.9 Å². The molecule has 28 heavy (non-hydrogen) atoms. The van der Waals surface area contributed by atoms with E-state index < -0.39 is 12.1 Å². The van der Waals surface area contributed by atoms with Crippen LogP contribution in [0.5, 0.6) is 0 Å². The molecule has 0 bridgehead atoms. The monoisotopic (exact) mass is 386 g/mol. The van der Waals surface area contributed by atoms with Crippen molar-refractivity contribution in [3.05, 3.63) is 35.9 Å². The highest BCUT2D eigenvalue weighted by Gasteiger charge is 2.44. The maximum Gasteiger partial charge on any atom is 0.246 e. The first-order chi connectivity index (χ1) is 13.5. The molecule has 7 heteroatoms. The summed E-state index contributed by atoms with van der Waals surface area (Å²) in [5, 5.41) is 8.72. The van der Waals surface area contributed by atoms with E-state index in [0.717, 1.165) is 24.8 Å². The average molecular weight is 386 g/mol. The van der Waals surface area contributed by atoms with E-state index in [1.807, 2.05) is 30.3 Å². The van der Waals surface area contributed by atoms with E-state index in [0.29, 0.717) is 19.4 Å². The lowest BCUT2D eigenvalue weighted by Crippen LogP contribution is -2.56. The van der Waals surface area contributed by atoms with Gasteiger partial charge in [0.1, 0.15) is 12.1 Å². The molecular formula is C21H30N4O3. The third kappa shape index (κ3) is 4.52. The zero-order chi connectivity index (χ0) is 20.1. The van der Waals surface area contributed by atoms with Gasteiger partial charge in [-0.2, -0.15) is 0 Å². The number of likely N-dealkylation sites (N-methyl/N-ethyl adjacent to an activating group) is 1. The summed E-state index contributed by atoms with van der Waals surface area (Å²) in [7, 11) is 1.71. The van der Waals surface area contributed by atoms with E-state index in [1.54, 1.807) is 18.9 Å². The zero-order valence-electron chi connectivity index (χ0n) is 16.6. The van der Waals surface area contributed by atoms with Gasteiger partial charge in [0.2, 0.25) is 17.7 Å². The molecule has 2 aliphatic heterocycles. The predicted octanol–water partition coefficient (Wildman–Crippen LogP) is 0.939. The largest absolute Gasteiger partial charge is 0.350 e. The fourth-order valence-electron chi connectivity index (χ4n) is 4.08. The second kappa shape index (κ2) is 9.19. The van der Waals surface area contributed by atoms with Gasteiger partial charge >= 0.3 is 0 Å². The SMILES string of the molecule is CN[C@@H](C)C(=O)N[C@H]1CCC[C@H]2CC[C@@H](C(=O)NCc3ccccc3)N2C1=O. The van der Waals surface area contributed by atoms with Crippen molar-refractivity contribution in [2.45, 2.75) is 69.7 Å². The van der Waals surface area contributed by atoms with Crippen molar-refractivity contribution in [2.24, 2.45) is 0 Å². The fourth-order valence-corrected chi connectivity index (χ4v) is 4.08. The molecule has 7 nitrogen and oxygen atoms in total. The van der Waals surface area contributed by atoms with Gasteiger partial charge in [-0.3, -0.25) is 14.4 Å². The first kappa shape index (κ1) is 20.3. The molecule has 2 heterocycles. The second-order valence-electron chi connectivity index (χ2n) is 7.70. The van der Waals surface area contributed by atoms with Crippen molar-refractivity contribution < 1.29 is 14.4 Å². The topological polar surface area (TPSA) is 90.5 Å². The molecule has 3 rings (SSSR count). The number of nitrogens with zero attached hydrogens (tertiary/aromatic N) is 1. The van der Waals surface area contributed by atoms with Crippen LogP contribution < -0.4 is 16.0 Å². The maximum atomic E-state index is 13.2. The Morgan fingerprint density at radius 3 is 2.61 bits per heavy atom. The minimum Gasteiger partial charge on any atom is -0.350 e. The molecule has 0 saturated carbocycles. The zero-order valence-corrected chi connectivity index (χ0v) is 16.6. The number of rotatable bonds is 6. The summed E-state index contributed by atoms with van der Waals surface area (Å²) < 4.78 is 0. The number of hydrogen-bond donors (Lipinski definition) is 3. The molecule has 0 aliphatic carbocycles. The molecule has 2 fully saturated rings. The van der Waals surface area contributed by atoms with Gasteiger partial charge in [-0.25, -0.2) is 0 Å². The molecule has 0 radical (unpaired) electrons. The number of nitrogens with one attached hydrogen (secondary N) is 3. The predicted molar refractivity (Wildman–Crippen MR) is 106 cm³/mol. The van der Waals surface area contributed by atoms with Crippen molar-refractivity contribution in [3.63, 3.8) is 0 Å². The highest BCUT2D eigenvalue weighted by molar-refractivity contribution is 5.93. The number of carbonyl (C=O) groups is 3. The van der Waals surface area contributed by atoms with Crippen LogP contribution in [0.1, 0.15) is 44.6 Å². The van der Waals surface area contributed by atoms with E-state index in [9.17, 15) is 14.4 Å². The first-order valence-electron chi connectivity index (χ1n) is 10.1. The lowest BCUT2D eigenvalue weighted by molar-refractivity contribution is -0.142. The van der Waals surface area contributed by atoms with Crippen LogP contribution in [0.2, 0.25) is 0 Å². The van der Waals surface area contributed by atoms with Crippen LogP contribution in [0.15, 0.2) is 30.3 Å². The van der Waals surface area contributed by atoms with Gasteiger partial charge in [0.25, 0.3) is 0 Å². The molecule has 0 unspecified atom stereocenters. The summed E-state index contributed by atoms with van der Waals surface area (Å²) in [4.78, 5) is 40.0. The Morgan fingerprint density at radius 1 is 1.14 bits per heavy atom. The van der Waals surface area contributed by atoms with Gasteiger partial charge in [0.05, 0.1) is 6.04 Å². The van der Waals surface area contributed by atoms with Crippen LogP contribution in [0.25, 0.3) is 0 Å². The van der Waals surface area contributed by atoms with Gasteiger partial charge < -0.3 is 20.9 Å². The normalized spacial score (nSPS) is 25.6. The van der Waals surface area contributed by atoms with E-state index >= 15 is 0 Å². The Morgan fingerprint density at radius 2 is 1.89 bits per heavy atom. The standard InChI is InChI=1S/C21H30N4O3/c1-14(22-2)19(26)24-17-10-6-9-16-11-12-18(25(16)21(17)28)20(27)23-13-15-7-4-3-5-8-15/h3-5,7-8,14,16-18,22H,6,9-13H2,1-2H3,(H,23,27)(H,24,26)/t14-,16-,17-,18-/m0/s1. The second-order valence-corrected chi connectivity index (χ2v) is 7.70. The van der Waals surface area contributed by atoms with Gasteiger partial charge in [-0.15, -0.1) is 0 Å². The summed E-state index contributed by atoms with van der Waals surface area (Å²) in [5.74, 6) is -0.435. The third-order valence-corrected chi connectivity index (χ3v) is 5.84. The van der Waals surface area contributed by atoms with Gasteiger partial charge in [0.15, 0.2) is 0 Å². The van der Waals surface area contributed by atoms with Crippen molar-refractivity contribution >= 4 is 17.7 Å². The fraction of sp³-hybridized carbons (Fsp3) is 0.571. The molecule has 3 amide bonds. The van der Waals surface area contributed by atoms with Crippen LogP contribution in [0, 0.1) is 0 Å². The van der Waals surface area contributed by atoms with Crippen molar-refractivity contribution in [1.29, 1.82) is 0 Å². The lowest BCUT2D eigenvalue weighted by Gasteiger charge is -2.31. The average Bonchev–Trinajstić information content (AvgIpc) is 3.08. The van der Waals surface area contributed by atoms with Crippen LogP contribution in [0.4, 0.5) is 0 Å². The maximum absolute atomic E-state index is 13.2. The summed E-state index contributed by atoms with van der Waals surface area (Å²) in [6.45, 7) is 2.21. The molecule has 152 valence electrons. The summed E-state index contributed by atoms with van der Waals surface area (Å²) in [6.07, 6.45) is 3.87. The van der Waals surface area contributed by atoms with Crippen molar-refractivity contribution in [3.8, 4) is 0 Å². The van der Waals surface area contributed by atoms with Crippen LogP contribution in [0.3, 0.4) is 0 Å². The highest BCUT2D eigenvalue weighted by atomic mass is 16.2. The quantitative estimate of drug-likeness (QED) is 0.679. The molecule has 0 aromatic heterocycles. The van der Waals surface area contributed by atoms with Crippen molar-refractivity contribution in [1.82, 2.24) is 20.9 Å². The number of amides is 3. The Hall–Kier alpha value is -2.41. The molecular weight excluding hydrogens is 356 g/mol. The van der Waals surface area contributed by atoms with Crippen molar-refractivity contribution in [2.75, 3.05) is 7.05 Å². The third-order valence-electron chi connectivity index (χ3n) is 5.84. The van der Waals surface area contributed by atoms with E-state index in [2.05, 4.69) is 16.0 Å². The summed E-state index contributed by atoms with van der Waals surface area (Å²) in [6, 6.07) is 8.43. The Bertz CT molecular complexity index is 709. The molecule has 2 saturated heterocycles.